The molecule has 1 aliphatic heterocycles. The SMILES string of the molecule is CCOc1cc([C@H]2NC(=O)NC(C)=C2C(=O)OC)ccc1OC[C@@H](O)N/N=C\c1cc(I)c(OCc2ccc3ccccc3c2)c(OC)c1. The number of aliphatic hydroxyl groups excluding tert-OH is 1. The Morgan fingerprint density at radius 3 is 2.55 bits per heavy atom. The quantitative estimate of drug-likeness (QED) is 0.0425. The number of halogens is 1. The number of nitrogens with one attached hydrogen (secondary N) is 3. The van der Waals surface area contributed by atoms with Gasteiger partial charge in [0.2, 0.25) is 0 Å². The zero-order valence-corrected chi connectivity index (χ0v) is 29.6. The number of aliphatic hydroxyl groups is 1. The number of nitrogens with zero attached hydrogens (tertiary/aromatic N) is 1. The van der Waals surface area contributed by atoms with Crippen molar-refractivity contribution in [2.45, 2.75) is 32.7 Å². The zero-order chi connectivity index (χ0) is 34.9. The van der Waals surface area contributed by atoms with Crippen LogP contribution in [-0.4, -0.2) is 57.0 Å². The van der Waals surface area contributed by atoms with E-state index in [1.54, 1.807) is 44.5 Å². The molecule has 0 bridgehead atoms. The van der Waals surface area contributed by atoms with Gasteiger partial charge in [0.15, 0.2) is 29.2 Å². The summed E-state index contributed by atoms with van der Waals surface area (Å²) >= 11 is 2.19. The van der Waals surface area contributed by atoms with Crippen LogP contribution >= 0.6 is 22.6 Å². The molecule has 12 nitrogen and oxygen atoms in total. The molecule has 0 aromatic heterocycles. The van der Waals surface area contributed by atoms with E-state index >= 15 is 0 Å². The highest BCUT2D eigenvalue weighted by molar-refractivity contribution is 14.1. The molecule has 1 heterocycles. The molecule has 0 saturated carbocycles. The second-order valence-corrected chi connectivity index (χ2v) is 12.1. The highest BCUT2D eigenvalue weighted by atomic mass is 127. The lowest BCUT2D eigenvalue weighted by molar-refractivity contribution is -0.136. The van der Waals surface area contributed by atoms with Gasteiger partial charge in [-0.15, -0.1) is 0 Å². The maximum atomic E-state index is 12.5. The minimum absolute atomic E-state index is 0.157. The number of hydrogen-bond donors (Lipinski definition) is 4. The van der Waals surface area contributed by atoms with Gasteiger partial charge >= 0.3 is 12.0 Å². The van der Waals surface area contributed by atoms with Crippen molar-refractivity contribution in [2.75, 3.05) is 27.4 Å². The fourth-order valence-corrected chi connectivity index (χ4v) is 6.04. The lowest BCUT2D eigenvalue weighted by Gasteiger charge is -2.28. The van der Waals surface area contributed by atoms with Crippen molar-refractivity contribution >= 4 is 51.6 Å². The number of ether oxygens (including phenoxy) is 5. The van der Waals surface area contributed by atoms with Gasteiger partial charge in [0.1, 0.15) is 13.2 Å². The summed E-state index contributed by atoms with van der Waals surface area (Å²) in [6, 6.07) is 21.9. The van der Waals surface area contributed by atoms with Crippen molar-refractivity contribution in [1.82, 2.24) is 16.1 Å². The zero-order valence-electron chi connectivity index (χ0n) is 27.4. The summed E-state index contributed by atoms with van der Waals surface area (Å²) in [6.07, 6.45) is 0.402. The Balaban J connectivity index is 1.20. The molecule has 13 heteroatoms. The molecule has 5 rings (SSSR count). The van der Waals surface area contributed by atoms with E-state index in [2.05, 4.69) is 68.0 Å². The molecule has 4 N–H and O–H groups in total. The number of carbonyl (C=O) groups excluding carboxylic acids is 2. The maximum absolute atomic E-state index is 12.5. The average Bonchev–Trinajstić information content (AvgIpc) is 3.09. The van der Waals surface area contributed by atoms with E-state index in [1.807, 2.05) is 31.2 Å². The number of carbonyl (C=O) groups is 2. The lowest BCUT2D eigenvalue weighted by Crippen LogP contribution is -2.45. The topological polar surface area (TPSA) is 149 Å². The van der Waals surface area contributed by atoms with Crippen LogP contribution in [0.25, 0.3) is 10.8 Å². The molecule has 2 atom stereocenters. The fourth-order valence-electron chi connectivity index (χ4n) is 5.26. The van der Waals surface area contributed by atoms with Crippen molar-refractivity contribution in [3.8, 4) is 23.0 Å². The van der Waals surface area contributed by atoms with Gasteiger partial charge in [0.25, 0.3) is 0 Å². The average molecular weight is 781 g/mol. The molecule has 0 fully saturated rings. The molecule has 4 aromatic carbocycles. The second-order valence-electron chi connectivity index (χ2n) is 10.9. The van der Waals surface area contributed by atoms with Gasteiger partial charge in [-0.2, -0.15) is 5.10 Å². The van der Waals surface area contributed by atoms with Crippen LogP contribution in [0.3, 0.4) is 0 Å². The Bertz CT molecular complexity index is 1900. The van der Waals surface area contributed by atoms with Gasteiger partial charge in [-0.1, -0.05) is 42.5 Å². The van der Waals surface area contributed by atoms with Crippen molar-refractivity contribution in [2.24, 2.45) is 5.10 Å². The minimum Gasteiger partial charge on any atom is -0.493 e. The van der Waals surface area contributed by atoms with Crippen LogP contribution in [0.15, 0.2) is 89.2 Å². The minimum atomic E-state index is -1.16. The highest BCUT2D eigenvalue weighted by Crippen LogP contribution is 2.36. The molecule has 4 aromatic rings. The molecule has 0 saturated heterocycles. The smallest absolute Gasteiger partial charge is 0.337 e. The largest absolute Gasteiger partial charge is 0.493 e. The Morgan fingerprint density at radius 1 is 1.00 bits per heavy atom. The van der Waals surface area contributed by atoms with Crippen LogP contribution in [0.1, 0.15) is 36.6 Å². The molecule has 49 heavy (non-hydrogen) atoms. The molecule has 0 aliphatic carbocycles. The summed E-state index contributed by atoms with van der Waals surface area (Å²) in [6.45, 7) is 4.00. The summed E-state index contributed by atoms with van der Waals surface area (Å²) in [4.78, 5) is 24.7. The van der Waals surface area contributed by atoms with Crippen LogP contribution in [0.2, 0.25) is 0 Å². The van der Waals surface area contributed by atoms with Gasteiger partial charge in [-0.3, -0.25) is 5.43 Å². The Hall–Kier alpha value is -5.02. The van der Waals surface area contributed by atoms with E-state index in [9.17, 15) is 14.7 Å². The number of allylic oxidation sites excluding steroid dienone is 1. The summed E-state index contributed by atoms with van der Waals surface area (Å²) in [7, 11) is 2.86. The summed E-state index contributed by atoms with van der Waals surface area (Å²) in [5.41, 5.74) is 5.68. The van der Waals surface area contributed by atoms with Crippen molar-refractivity contribution < 1.29 is 38.4 Å². The summed E-state index contributed by atoms with van der Waals surface area (Å²) in [5.74, 6) is 1.33. The number of rotatable bonds is 14. The number of esters is 1. The van der Waals surface area contributed by atoms with E-state index in [1.165, 1.54) is 12.5 Å². The van der Waals surface area contributed by atoms with E-state index in [0.717, 1.165) is 20.1 Å². The predicted molar refractivity (Wildman–Crippen MR) is 193 cm³/mol. The Kier molecular flexibility index (Phi) is 11.8. The molecular formula is C36H37IN4O8. The van der Waals surface area contributed by atoms with E-state index in [-0.39, 0.29) is 12.2 Å². The molecule has 0 spiro atoms. The number of methoxy groups -OCH3 is 2. The van der Waals surface area contributed by atoms with Crippen molar-refractivity contribution in [3.63, 3.8) is 0 Å². The van der Waals surface area contributed by atoms with Gasteiger partial charge in [0, 0.05) is 5.70 Å². The van der Waals surface area contributed by atoms with Crippen LogP contribution in [0.4, 0.5) is 4.79 Å². The monoisotopic (exact) mass is 780 g/mol. The first-order valence-corrected chi connectivity index (χ1v) is 16.5. The summed E-state index contributed by atoms with van der Waals surface area (Å²) < 4.78 is 29.2. The normalized spacial score (nSPS) is 15.0. The van der Waals surface area contributed by atoms with E-state index < -0.39 is 24.3 Å². The number of hydrogen-bond acceptors (Lipinski definition) is 10. The van der Waals surface area contributed by atoms with Crippen LogP contribution in [-0.2, 0) is 16.1 Å². The standard InChI is InChI=1S/C36H37IN4O8/c1-5-47-29-17-26(33-32(35(43)46-4)21(2)39-36(44)40-33)12-13-28(29)48-20-31(42)41-38-18-23-15-27(37)34(30(16-23)45-3)49-19-22-10-11-24-8-6-7-9-25(24)14-22/h6-18,31,33,41-42H,5,19-20H2,1-4H3,(H2,39,40,44)/b38-18-/t31-,33-/m1/s1. The third-order valence-electron chi connectivity index (χ3n) is 7.56. The second kappa shape index (κ2) is 16.4. The molecule has 2 amide bonds. The number of benzene rings is 4. The van der Waals surface area contributed by atoms with Gasteiger partial charge in [0.05, 0.1) is 42.2 Å². The number of fused-ring (bicyclic) bond motifs is 1. The Morgan fingerprint density at radius 2 is 1.80 bits per heavy atom. The predicted octanol–water partition coefficient (Wildman–Crippen LogP) is 5.55. The highest BCUT2D eigenvalue weighted by Gasteiger charge is 2.32. The van der Waals surface area contributed by atoms with Crippen LogP contribution < -0.4 is 35.0 Å². The fraction of sp³-hybridized carbons (Fsp3) is 0.250. The van der Waals surface area contributed by atoms with Gasteiger partial charge in [-0.25, -0.2) is 9.59 Å². The molecule has 0 radical (unpaired) electrons. The van der Waals surface area contributed by atoms with Crippen LogP contribution in [0, 0.1) is 3.57 Å². The first-order chi connectivity index (χ1) is 23.7. The summed E-state index contributed by atoms with van der Waals surface area (Å²) in [5, 5.41) is 22.4. The third-order valence-corrected chi connectivity index (χ3v) is 8.36. The number of amides is 2. The van der Waals surface area contributed by atoms with Gasteiger partial charge < -0.3 is 39.4 Å². The first-order valence-electron chi connectivity index (χ1n) is 15.4. The molecule has 0 unspecified atom stereocenters. The lowest BCUT2D eigenvalue weighted by atomic mass is 9.95. The maximum Gasteiger partial charge on any atom is 0.337 e. The Labute approximate surface area is 297 Å². The molecule has 256 valence electrons. The number of urea groups is 1. The molecule has 1 aliphatic rings. The van der Waals surface area contributed by atoms with Crippen molar-refractivity contribution in [3.05, 3.63) is 104 Å². The van der Waals surface area contributed by atoms with E-state index in [0.29, 0.717) is 47.5 Å². The van der Waals surface area contributed by atoms with Gasteiger partial charge in [-0.05, 0) is 94.2 Å². The third kappa shape index (κ3) is 8.72. The molecular weight excluding hydrogens is 743 g/mol. The van der Waals surface area contributed by atoms with Crippen molar-refractivity contribution in [1.29, 1.82) is 0 Å². The van der Waals surface area contributed by atoms with E-state index in [4.69, 9.17) is 23.7 Å². The van der Waals surface area contributed by atoms with Crippen LogP contribution in [0.5, 0.6) is 23.0 Å². The first kappa shape index (κ1) is 35.3. The number of hydrazone groups is 1.